The van der Waals surface area contributed by atoms with Crippen molar-refractivity contribution in [1.82, 2.24) is 5.48 Å². The fourth-order valence-corrected chi connectivity index (χ4v) is 2.20. The van der Waals surface area contributed by atoms with Crippen molar-refractivity contribution in [2.75, 3.05) is 4.72 Å². The number of anilines is 1. The number of hydrogen-bond acceptors (Lipinski definition) is 4. The summed E-state index contributed by atoms with van der Waals surface area (Å²) in [6.45, 7) is 0. The van der Waals surface area contributed by atoms with Crippen molar-refractivity contribution in [2.24, 2.45) is 0 Å². The number of nitrogens with one attached hydrogen (secondary N) is 2. The quantitative estimate of drug-likeness (QED) is 0.267. The van der Waals surface area contributed by atoms with Crippen molar-refractivity contribution in [3.05, 3.63) is 72.3 Å². The van der Waals surface area contributed by atoms with Crippen molar-refractivity contribution in [3.63, 3.8) is 0 Å². The Morgan fingerprint density at radius 3 is 2.73 bits per heavy atom. The van der Waals surface area contributed by atoms with Crippen molar-refractivity contribution < 1.29 is 10.0 Å². The molecular weight excluding hydrogens is 296 g/mol. The van der Waals surface area contributed by atoms with E-state index in [1.54, 1.807) is 0 Å². The molecule has 0 atom stereocenters. The molecule has 110 valence electrons. The number of amides is 1. The van der Waals surface area contributed by atoms with Gasteiger partial charge in [-0.05, 0) is 48.4 Å². The van der Waals surface area contributed by atoms with Crippen molar-refractivity contribution in [3.8, 4) is 11.8 Å². The fraction of sp³-hybridized carbons (Fsp3) is 0. The first-order valence-corrected chi connectivity index (χ1v) is 7.30. The summed E-state index contributed by atoms with van der Waals surface area (Å²) in [5.74, 6) is 5.04. The number of hydroxylamine groups is 1. The van der Waals surface area contributed by atoms with Gasteiger partial charge in [0.05, 0.1) is 0 Å². The first-order valence-electron chi connectivity index (χ1n) is 6.48. The number of allylic oxidation sites excluding steroid dienone is 1. The molecule has 0 radical (unpaired) electrons. The Morgan fingerprint density at radius 1 is 1.14 bits per heavy atom. The highest BCUT2D eigenvalue weighted by Gasteiger charge is 1.95. The Hall–Kier alpha value is -2.68. The Kier molecular flexibility index (Phi) is 6.12. The first kappa shape index (κ1) is 15.7. The molecule has 0 fully saturated rings. The highest BCUT2D eigenvalue weighted by Crippen LogP contribution is 2.21. The summed E-state index contributed by atoms with van der Waals surface area (Å²) in [6, 6.07) is 17.7. The van der Waals surface area contributed by atoms with Gasteiger partial charge in [-0.2, -0.15) is 0 Å². The van der Waals surface area contributed by atoms with Crippen LogP contribution in [0, 0.1) is 11.8 Å². The number of carbonyl (C=O) groups is 1. The topological polar surface area (TPSA) is 61.4 Å². The monoisotopic (exact) mass is 310 g/mol. The second kappa shape index (κ2) is 8.57. The highest BCUT2D eigenvalue weighted by molar-refractivity contribution is 8.00. The molecule has 0 aliphatic carbocycles. The lowest BCUT2D eigenvalue weighted by atomic mass is 10.2. The van der Waals surface area contributed by atoms with Crippen molar-refractivity contribution in [1.29, 1.82) is 0 Å². The summed E-state index contributed by atoms with van der Waals surface area (Å²) in [4.78, 5) is 11.9. The smallest absolute Gasteiger partial charge is 0.267 e. The largest absolute Gasteiger partial charge is 0.326 e. The second-order valence-corrected chi connectivity index (χ2v) is 5.06. The van der Waals surface area contributed by atoms with Gasteiger partial charge >= 0.3 is 0 Å². The van der Waals surface area contributed by atoms with Crippen LogP contribution < -0.4 is 10.2 Å². The first-order chi connectivity index (χ1) is 10.8. The maximum atomic E-state index is 10.8. The fourth-order valence-electron chi connectivity index (χ4n) is 1.55. The van der Waals surface area contributed by atoms with Gasteiger partial charge in [-0.15, -0.1) is 0 Å². The summed E-state index contributed by atoms with van der Waals surface area (Å²) >= 11 is 1.52. The van der Waals surface area contributed by atoms with Gasteiger partial charge in [0.25, 0.3) is 5.91 Å². The molecule has 1 amide bonds. The van der Waals surface area contributed by atoms with E-state index in [-0.39, 0.29) is 0 Å². The standard InChI is InChI=1S/C17H14N2O2S/c20-17(18-21)12-5-4-7-14-8-6-9-15(13-14)19-22-16-10-2-1-3-11-16/h1-3,5-6,8-13,19,21H,(H,18,20)/b12-5+. The van der Waals surface area contributed by atoms with E-state index in [1.807, 2.05) is 54.6 Å². The summed E-state index contributed by atoms with van der Waals surface area (Å²) < 4.78 is 3.25. The van der Waals surface area contributed by atoms with Gasteiger partial charge < -0.3 is 4.72 Å². The molecule has 3 N–H and O–H groups in total. The van der Waals surface area contributed by atoms with Gasteiger partial charge in [-0.3, -0.25) is 10.0 Å². The van der Waals surface area contributed by atoms with Gasteiger partial charge in [0.15, 0.2) is 0 Å². The van der Waals surface area contributed by atoms with E-state index in [4.69, 9.17) is 5.21 Å². The summed E-state index contributed by atoms with van der Waals surface area (Å²) in [6.07, 6.45) is 2.53. The van der Waals surface area contributed by atoms with Crippen LogP contribution in [0.4, 0.5) is 5.69 Å². The third-order valence-corrected chi connectivity index (χ3v) is 3.38. The van der Waals surface area contributed by atoms with Gasteiger partial charge in [0.2, 0.25) is 0 Å². The van der Waals surface area contributed by atoms with Crippen molar-refractivity contribution >= 4 is 23.5 Å². The molecule has 0 heterocycles. The Morgan fingerprint density at radius 2 is 1.95 bits per heavy atom. The average molecular weight is 310 g/mol. The van der Waals surface area contributed by atoms with E-state index in [1.165, 1.54) is 23.5 Å². The molecule has 2 aromatic rings. The Balaban J connectivity index is 1.97. The predicted molar refractivity (Wildman–Crippen MR) is 88.3 cm³/mol. The van der Waals surface area contributed by atoms with Crippen LogP contribution in [-0.2, 0) is 4.79 Å². The normalized spacial score (nSPS) is 9.86. The van der Waals surface area contributed by atoms with Crippen molar-refractivity contribution in [2.45, 2.75) is 4.90 Å². The molecule has 4 nitrogen and oxygen atoms in total. The Labute approximate surface area is 133 Å². The molecule has 2 rings (SSSR count). The molecule has 22 heavy (non-hydrogen) atoms. The van der Waals surface area contributed by atoms with E-state index >= 15 is 0 Å². The minimum Gasteiger partial charge on any atom is -0.326 e. The second-order valence-electron chi connectivity index (χ2n) is 4.18. The van der Waals surface area contributed by atoms with Gasteiger partial charge in [0, 0.05) is 22.2 Å². The van der Waals surface area contributed by atoms with E-state index in [0.29, 0.717) is 0 Å². The van der Waals surface area contributed by atoms with E-state index in [2.05, 4.69) is 16.6 Å². The van der Waals surface area contributed by atoms with Crippen LogP contribution >= 0.6 is 11.9 Å². The number of carbonyl (C=O) groups excluding carboxylic acids is 1. The van der Waals surface area contributed by atoms with Crippen LogP contribution in [-0.4, -0.2) is 11.1 Å². The average Bonchev–Trinajstić information content (AvgIpc) is 2.58. The van der Waals surface area contributed by atoms with Crippen LogP contribution in [0.1, 0.15) is 5.56 Å². The third-order valence-electron chi connectivity index (χ3n) is 2.54. The van der Waals surface area contributed by atoms with Crippen LogP contribution in [0.3, 0.4) is 0 Å². The molecule has 0 spiro atoms. The summed E-state index contributed by atoms with van der Waals surface area (Å²) in [5.41, 5.74) is 3.27. The lowest BCUT2D eigenvalue weighted by Crippen LogP contribution is -2.14. The molecule has 0 saturated carbocycles. The zero-order valence-corrected chi connectivity index (χ0v) is 12.4. The molecule has 2 aromatic carbocycles. The highest BCUT2D eigenvalue weighted by atomic mass is 32.2. The molecule has 0 saturated heterocycles. The molecular formula is C17H14N2O2S. The predicted octanol–water partition coefficient (Wildman–Crippen LogP) is 3.22. The van der Waals surface area contributed by atoms with E-state index in [0.717, 1.165) is 22.2 Å². The number of hydrogen-bond donors (Lipinski definition) is 3. The van der Waals surface area contributed by atoms with Gasteiger partial charge in [-0.1, -0.05) is 36.1 Å². The SMILES string of the molecule is O=C(/C=C/C#Cc1cccc(NSc2ccccc2)c1)NO. The van der Waals surface area contributed by atoms with E-state index < -0.39 is 5.91 Å². The van der Waals surface area contributed by atoms with Crippen LogP contribution in [0.2, 0.25) is 0 Å². The lowest BCUT2D eigenvalue weighted by molar-refractivity contribution is -0.124. The number of benzene rings is 2. The molecule has 0 bridgehead atoms. The zero-order chi connectivity index (χ0) is 15.6. The van der Waals surface area contributed by atoms with Crippen LogP contribution in [0.5, 0.6) is 0 Å². The van der Waals surface area contributed by atoms with Gasteiger partial charge in [-0.25, -0.2) is 5.48 Å². The third kappa shape index (κ3) is 5.37. The minimum absolute atomic E-state index is 0.607. The maximum absolute atomic E-state index is 10.8. The Bertz CT molecular complexity index is 718. The molecule has 0 aliphatic rings. The maximum Gasteiger partial charge on any atom is 0.267 e. The van der Waals surface area contributed by atoms with Crippen LogP contribution in [0.25, 0.3) is 0 Å². The van der Waals surface area contributed by atoms with Crippen LogP contribution in [0.15, 0.2) is 71.6 Å². The lowest BCUT2D eigenvalue weighted by Gasteiger charge is -2.05. The summed E-state index contributed by atoms with van der Waals surface area (Å²) in [5, 5.41) is 8.33. The minimum atomic E-state index is -0.607. The summed E-state index contributed by atoms with van der Waals surface area (Å²) in [7, 11) is 0. The molecule has 0 unspecified atom stereocenters. The molecule has 5 heteroatoms. The number of rotatable bonds is 4. The van der Waals surface area contributed by atoms with E-state index in [9.17, 15) is 4.79 Å². The zero-order valence-electron chi connectivity index (χ0n) is 11.6. The molecule has 0 aliphatic heterocycles. The molecule has 0 aromatic heterocycles. The van der Waals surface area contributed by atoms with Gasteiger partial charge in [0.1, 0.15) is 0 Å².